The van der Waals surface area contributed by atoms with Gasteiger partial charge in [-0.3, -0.25) is 0 Å². The Balaban J connectivity index is 2.79. The minimum Gasteiger partial charge on any atom is -0.476 e. The fourth-order valence-corrected chi connectivity index (χ4v) is 1.58. The molecule has 0 radical (unpaired) electrons. The number of aromatic carboxylic acids is 1. The summed E-state index contributed by atoms with van der Waals surface area (Å²) in [6, 6.07) is 2.72. The molecule has 78 valence electrons. The van der Waals surface area contributed by atoms with E-state index < -0.39 is 11.8 Å². The summed E-state index contributed by atoms with van der Waals surface area (Å²) in [4.78, 5) is 14.8. The predicted octanol–water partition coefficient (Wildman–Crippen LogP) is 1.73. The zero-order valence-corrected chi connectivity index (χ0v) is 8.07. The van der Waals surface area contributed by atoms with Gasteiger partial charge in [0.05, 0.1) is 5.69 Å². The highest BCUT2D eigenvalue weighted by Gasteiger charge is 2.16. The van der Waals surface area contributed by atoms with Crippen molar-refractivity contribution in [3.8, 4) is 0 Å². The molecule has 0 saturated heterocycles. The standard InChI is InChI=1S/C10H9FN2O2/c1-2-7-9(10(14)15)12-8-4-3-6(11)5-13(7)8/h3-5H,2H2,1H3,(H,14,15). The van der Waals surface area contributed by atoms with Gasteiger partial charge >= 0.3 is 5.97 Å². The van der Waals surface area contributed by atoms with Crippen LogP contribution in [0, 0.1) is 5.82 Å². The van der Waals surface area contributed by atoms with Gasteiger partial charge in [0.25, 0.3) is 0 Å². The highest BCUT2D eigenvalue weighted by molar-refractivity contribution is 5.87. The van der Waals surface area contributed by atoms with E-state index in [-0.39, 0.29) is 5.69 Å². The molecule has 5 heteroatoms. The summed E-state index contributed by atoms with van der Waals surface area (Å²) in [5, 5.41) is 8.90. The smallest absolute Gasteiger partial charge is 0.356 e. The highest BCUT2D eigenvalue weighted by atomic mass is 19.1. The topological polar surface area (TPSA) is 54.6 Å². The number of aromatic nitrogens is 2. The van der Waals surface area contributed by atoms with Crippen LogP contribution in [-0.2, 0) is 6.42 Å². The van der Waals surface area contributed by atoms with E-state index in [0.717, 1.165) is 0 Å². The number of carboxylic acid groups (broad SMARTS) is 1. The van der Waals surface area contributed by atoms with Crippen LogP contribution in [0.25, 0.3) is 5.65 Å². The molecule has 2 aromatic rings. The van der Waals surface area contributed by atoms with Crippen molar-refractivity contribution in [3.05, 3.63) is 35.5 Å². The lowest BCUT2D eigenvalue weighted by molar-refractivity contribution is 0.0690. The van der Waals surface area contributed by atoms with Crippen LogP contribution in [0.1, 0.15) is 23.1 Å². The molecule has 0 spiro atoms. The molecule has 0 aliphatic heterocycles. The second-order valence-electron chi connectivity index (χ2n) is 3.14. The van der Waals surface area contributed by atoms with Crippen LogP contribution in [0.15, 0.2) is 18.3 Å². The molecule has 0 saturated carbocycles. The number of halogens is 1. The van der Waals surface area contributed by atoms with Gasteiger partial charge in [0.2, 0.25) is 0 Å². The van der Waals surface area contributed by atoms with Gasteiger partial charge in [-0.2, -0.15) is 0 Å². The molecule has 4 nitrogen and oxygen atoms in total. The summed E-state index contributed by atoms with van der Waals surface area (Å²) in [7, 11) is 0. The molecular formula is C10H9FN2O2. The van der Waals surface area contributed by atoms with Gasteiger partial charge in [0.1, 0.15) is 11.5 Å². The first-order chi connectivity index (χ1) is 7.13. The molecule has 0 aliphatic rings. The largest absolute Gasteiger partial charge is 0.476 e. The van der Waals surface area contributed by atoms with Gasteiger partial charge < -0.3 is 9.51 Å². The molecular weight excluding hydrogens is 199 g/mol. The molecule has 0 aliphatic carbocycles. The monoisotopic (exact) mass is 208 g/mol. The SMILES string of the molecule is CCc1c(C(=O)O)nc2ccc(F)cn12. The van der Waals surface area contributed by atoms with E-state index in [9.17, 15) is 9.18 Å². The van der Waals surface area contributed by atoms with Crippen molar-refractivity contribution in [2.45, 2.75) is 13.3 Å². The second-order valence-corrected chi connectivity index (χ2v) is 3.14. The number of pyridine rings is 1. The molecule has 0 atom stereocenters. The normalized spacial score (nSPS) is 10.8. The molecule has 0 fully saturated rings. The minimum absolute atomic E-state index is 0.0110. The summed E-state index contributed by atoms with van der Waals surface area (Å²) < 4.78 is 14.4. The van der Waals surface area contributed by atoms with Crippen molar-refractivity contribution in [1.82, 2.24) is 9.38 Å². The third-order valence-electron chi connectivity index (χ3n) is 2.22. The molecule has 15 heavy (non-hydrogen) atoms. The van der Waals surface area contributed by atoms with E-state index in [2.05, 4.69) is 4.98 Å². The first-order valence-corrected chi connectivity index (χ1v) is 4.53. The quantitative estimate of drug-likeness (QED) is 0.817. The molecule has 0 aromatic carbocycles. The number of carboxylic acids is 1. The van der Waals surface area contributed by atoms with Gasteiger partial charge in [0, 0.05) is 6.20 Å². The molecule has 0 amide bonds. The van der Waals surface area contributed by atoms with Gasteiger partial charge in [-0.05, 0) is 18.6 Å². The lowest BCUT2D eigenvalue weighted by atomic mass is 10.2. The average molecular weight is 208 g/mol. The first kappa shape index (κ1) is 9.64. The lowest BCUT2D eigenvalue weighted by Gasteiger charge is -1.98. The van der Waals surface area contributed by atoms with Crippen LogP contribution >= 0.6 is 0 Å². The van der Waals surface area contributed by atoms with E-state index in [1.807, 2.05) is 0 Å². The van der Waals surface area contributed by atoms with E-state index in [4.69, 9.17) is 5.11 Å². The summed E-state index contributed by atoms with van der Waals surface area (Å²) in [5.41, 5.74) is 0.950. The van der Waals surface area contributed by atoms with E-state index in [1.54, 1.807) is 6.92 Å². The maximum atomic E-state index is 13.0. The lowest BCUT2D eigenvalue weighted by Crippen LogP contribution is -2.02. The second kappa shape index (κ2) is 3.34. The third-order valence-corrected chi connectivity index (χ3v) is 2.22. The van der Waals surface area contributed by atoms with Gasteiger partial charge in [-0.25, -0.2) is 14.2 Å². The van der Waals surface area contributed by atoms with Crippen molar-refractivity contribution < 1.29 is 14.3 Å². The molecule has 0 unspecified atom stereocenters. The van der Waals surface area contributed by atoms with Crippen molar-refractivity contribution in [3.63, 3.8) is 0 Å². The number of aryl methyl sites for hydroxylation is 1. The first-order valence-electron chi connectivity index (χ1n) is 4.53. The third kappa shape index (κ3) is 1.45. The maximum Gasteiger partial charge on any atom is 0.356 e. The van der Waals surface area contributed by atoms with Crippen LogP contribution in [0.3, 0.4) is 0 Å². The molecule has 1 N–H and O–H groups in total. The summed E-state index contributed by atoms with van der Waals surface area (Å²) in [5.74, 6) is -1.50. The van der Waals surface area contributed by atoms with E-state index in [0.29, 0.717) is 17.8 Å². The Kier molecular flexibility index (Phi) is 2.15. The zero-order chi connectivity index (χ0) is 11.0. The van der Waals surface area contributed by atoms with Crippen molar-refractivity contribution in [1.29, 1.82) is 0 Å². The van der Waals surface area contributed by atoms with Crippen molar-refractivity contribution >= 4 is 11.6 Å². The summed E-state index contributed by atoms with van der Waals surface area (Å²) in [6.07, 6.45) is 1.74. The Morgan fingerprint density at radius 1 is 1.60 bits per heavy atom. The van der Waals surface area contributed by atoms with Gasteiger partial charge in [-0.15, -0.1) is 0 Å². The van der Waals surface area contributed by atoms with Crippen LogP contribution in [0.2, 0.25) is 0 Å². The Morgan fingerprint density at radius 2 is 2.33 bits per heavy atom. The van der Waals surface area contributed by atoms with E-state index >= 15 is 0 Å². The Bertz CT molecular complexity index is 533. The molecule has 2 rings (SSSR count). The molecule has 0 bridgehead atoms. The van der Waals surface area contributed by atoms with Crippen molar-refractivity contribution in [2.75, 3.05) is 0 Å². The van der Waals surface area contributed by atoms with Crippen LogP contribution in [0.5, 0.6) is 0 Å². The van der Waals surface area contributed by atoms with Crippen LogP contribution in [0.4, 0.5) is 4.39 Å². The number of fused-ring (bicyclic) bond motifs is 1. The fraction of sp³-hybridized carbons (Fsp3) is 0.200. The minimum atomic E-state index is -1.09. The van der Waals surface area contributed by atoms with E-state index in [1.165, 1.54) is 22.7 Å². The number of hydrogen-bond acceptors (Lipinski definition) is 2. The number of carbonyl (C=O) groups is 1. The summed E-state index contributed by atoms with van der Waals surface area (Å²) >= 11 is 0. The number of nitrogens with zero attached hydrogens (tertiary/aromatic N) is 2. The van der Waals surface area contributed by atoms with Gasteiger partial charge in [0.15, 0.2) is 5.69 Å². The molecule has 2 heterocycles. The highest BCUT2D eigenvalue weighted by Crippen LogP contribution is 2.14. The Labute approximate surface area is 85.0 Å². The van der Waals surface area contributed by atoms with Crippen molar-refractivity contribution in [2.24, 2.45) is 0 Å². The number of rotatable bonds is 2. The average Bonchev–Trinajstić information content (AvgIpc) is 2.55. The van der Waals surface area contributed by atoms with Crippen LogP contribution < -0.4 is 0 Å². The Morgan fingerprint density at radius 3 is 2.93 bits per heavy atom. The zero-order valence-electron chi connectivity index (χ0n) is 8.07. The van der Waals surface area contributed by atoms with Gasteiger partial charge in [-0.1, -0.05) is 6.92 Å². The van der Waals surface area contributed by atoms with Crippen LogP contribution in [-0.4, -0.2) is 20.5 Å². The number of imidazole rings is 1. The summed E-state index contributed by atoms with van der Waals surface area (Å²) in [6.45, 7) is 1.81. The Hall–Kier alpha value is -1.91. The number of hydrogen-bond donors (Lipinski definition) is 1. The maximum absolute atomic E-state index is 13.0. The fourth-order valence-electron chi connectivity index (χ4n) is 1.58. The molecule has 2 aromatic heterocycles. The predicted molar refractivity (Wildman–Crippen MR) is 51.5 cm³/mol.